The maximum atomic E-state index is 10.1. The first-order chi connectivity index (χ1) is 3.55. The second-order valence-corrected chi connectivity index (χ2v) is 2.36. The lowest BCUT2D eigenvalue weighted by Gasteiger charge is -2.01. The summed E-state index contributed by atoms with van der Waals surface area (Å²) in [6, 6.07) is 0. The second-order valence-electron chi connectivity index (χ2n) is 1.28. The quantitative estimate of drug-likeness (QED) is 0.471. The van der Waals surface area contributed by atoms with Crippen molar-refractivity contribution in [1.82, 2.24) is 4.31 Å². The molecule has 5 heteroatoms. The highest BCUT2D eigenvalue weighted by atomic mass is 32.2. The molecular formula is C3H7NO3S. The number of thiol groups is 1. The van der Waals surface area contributed by atoms with Crippen molar-refractivity contribution in [2.24, 2.45) is 0 Å². The van der Waals surface area contributed by atoms with E-state index in [1.165, 1.54) is 14.0 Å². The molecule has 0 rings (SSSR count). The van der Waals surface area contributed by atoms with Gasteiger partial charge in [-0.25, -0.2) is 12.7 Å². The predicted molar refractivity (Wildman–Crippen MR) is 28.8 cm³/mol. The van der Waals surface area contributed by atoms with Crippen molar-refractivity contribution >= 4 is 16.8 Å². The molecule has 0 saturated carbocycles. The average molecular weight is 137 g/mol. The number of hydrogen-bond donors (Lipinski definition) is 1. The molecule has 0 fully saturated rings. The van der Waals surface area contributed by atoms with Crippen molar-refractivity contribution in [2.45, 2.75) is 6.92 Å². The maximum Gasteiger partial charge on any atom is 0.232 e. The van der Waals surface area contributed by atoms with Crippen molar-refractivity contribution in [2.75, 3.05) is 7.05 Å². The van der Waals surface area contributed by atoms with Gasteiger partial charge in [0, 0.05) is 14.0 Å². The Morgan fingerprint density at radius 2 is 1.88 bits per heavy atom. The zero-order chi connectivity index (χ0) is 6.73. The molecule has 1 amide bonds. The summed E-state index contributed by atoms with van der Waals surface area (Å²) in [7, 11) is -1.51. The second kappa shape index (κ2) is 2.66. The molecule has 0 saturated heterocycles. The van der Waals surface area contributed by atoms with Crippen molar-refractivity contribution in [1.29, 1.82) is 0 Å². The maximum absolute atomic E-state index is 10.1. The van der Waals surface area contributed by atoms with E-state index in [-0.39, 0.29) is 0 Å². The molecule has 0 atom stereocenters. The number of amides is 1. The lowest BCUT2D eigenvalue weighted by atomic mass is 10.7. The molecule has 0 bridgehead atoms. The number of nitrogens with zero attached hydrogens (tertiary/aromatic N) is 1. The van der Waals surface area contributed by atoms with E-state index in [2.05, 4.69) is 0 Å². The zero-order valence-electron chi connectivity index (χ0n) is 4.62. The summed E-state index contributed by atoms with van der Waals surface area (Å²) < 4.78 is 20.4. The van der Waals surface area contributed by atoms with Gasteiger partial charge in [-0.05, 0) is 0 Å². The first-order valence-electron chi connectivity index (χ1n) is 1.94. The summed E-state index contributed by atoms with van der Waals surface area (Å²) in [6.07, 6.45) is 0. The van der Waals surface area contributed by atoms with Gasteiger partial charge < -0.3 is 0 Å². The van der Waals surface area contributed by atoms with E-state index in [0.29, 0.717) is 4.31 Å². The van der Waals surface area contributed by atoms with Gasteiger partial charge in [0.1, 0.15) is 0 Å². The van der Waals surface area contributed by atoms with Gasteiger partial charge in [-0.3, -0.25) is 4.79 Å². The molecule has 0 radical (unpaired) electrons. The third kappa shape index (κ3) is 1.92. The predicted octanol–water partition coefficient (Wildman–Crippen LogP) is -1.01. The van der Waals surface area contributed by atoms with Crippen LogP contribution >= 0.6 is 0 Å². The van der Waals surface area contributed by atoms with Crippen LogP contribution in [0.3, 0.4) is 0 Å². The Morgan fingerprint density at radius 3 is 1.88 bits per heavy atom. The van der Waals surface area contributed by atoms with Gasteiger partial charge in [-0.2, -0.15) is 0 Å². The van der Waals surface area contributed by atoms with Crippen LogP contribution in [0, 0.1) is 0 Å². The minimum atomic E-state index is -2.72. The Hall–Kier alpha value is -0.580. The first-order valence-corrected chi connectivity index (χ1v) is 3.07. The number of carbonyl (C=O) groups is 1. The highest BCUT2D eigenvalue weighted by molar-refractivity contribution is 7.70. The topological polar surface area (TPSA) is 54.5 Å². The Kier molecular flexibility index (Phi) is 2.47. The highest BCUT2D eigenvalue weighted by Crippen LogP contribution is 1.79. The minimum Gasteiger partial charge on any atom is -0.274 e. The van der Waals surface area contributed by atoms with E-state index < -0.39 is 16.8 Å². The monoisotopic (exact) mass is 137 g/mol. The van der Waals surface area contributed by atoms with Crippen LogP contribution in [0.1, 0.15) is 6.92 Å². The Balaban J connectivity index is 4.04. The number of hydrogen-bond acceptors (Lipinski definition) is 3. The smallest absolute Gasteiger partial charge is 0.232 e. The summed E-state index contributed by atoms with van der Waals surface area (Å²) in [5.41, 5.74) is 0. The summed E-state index contributed by atoms with van der Waals surface area (Å²) >= 11 is 0. The molecule has 0 spiro atoms. The summed E-state index contributed by atoms with van der Waals surface area (Å²) in [4.78, 5) is 10.1. The first kappa shape index (κ1) is 7.42. The third-order valence-electron chi connectivity index (χ3n) is 0.701. The molecule has 0 aliphatic carbocycles. The van der Waals surface area contributed by atoms with Crippen LogP contribution in [0.15, 0.2) is 0 Å². The van der Waals surface area contributed by atoms with E-state index in [4.69, 9.17) is 0 Å². The average Bonchev–Trinajstić information content (AvgIpc) is 1.64. The summed E-state index contributed by atoms with van der Waals surface area (Å²) in [6.45, 7) is 1.19. The number of rotatable bonds is 1. The molecule has 0 unspecified atom stereocenters. The van der Waals surface area contributed by atoms with Gasteiger partial charge in [0.2, 0.25) is 16.8 Å². The fourth-order valence-corrected chi connectivity index (χ4v) is 0.345. The fraction of sp³-hybridized carbons (Fsp3) is 0.667. The Bertz CT molecular complexity index is 154. The Labute approximate surface area is 49.2 Å². The van der Waals surface area contributed by atoms with Crippen LogP contribution in [0.2, 0.25) is 0 Å². The lowest BCUT2D eigenvalue weighted by Crippen LogP contribution is -2.21. The minimum absolute atomic E-state index is 0.471. The lowest BCUT2D eigenvalue weighted by molar-refractivity contribution is -0.123. The fourth-order valence-electron chi connectivity index (χ4n) is 0.115. The molecule has 0 aliphatic rings. The summed E-state index contributed by atoms with van der Waals surface area (Å²) in [5.74, 6) is -0.471. The molecule has 0 aliphatic heterocycles. The van der Waals surface area contributed by atoms with Crippen molar-refractivity contribution in [3.8, 4) is 0 Å². The molecule has 0 aromatic heterocycles. The molecule has 8 heavy (non-hydrogen) atoms. The van der Waals surface area contributed by atoms with Gasteiger partial charge >= 0.3 is 0 Å². The van der Waals surface area contributed by atoms with Crippen LogP contribution < -0.4 is 0 Å². The van der Waals surface area contributed by atoms with Crippen molar-refractivity contribution in [3.05, 3.63) is 0 Å². The highest BCUT2D eigenvalue weighted by Gasteiger charge is 2.00. The molecule has 0 aromatic carbocycles. The van der Waals surface area contributed by atoms with Crippen LogP contribution in [0.5, 0.6) is 0 Å². The van der Waals surface area contributed by atoms with E-state index in [1.54, 1.807) is 0 Å². The molecule has 48 valence electrons. The summed E-state index contributed by atoms with van der Waals surface area (Å²) in [5, 5.41) is 0. The van der Waals surface area contributed by atoms with E-state index in [1.807, 2.05) is 0 Å². The zero-order valence-corrected chi connectivity index (χ0v) is 5.51. The van der Waals surface area contributed by atoms with Crippen LogP contribution in [-0.4, -0.2) is 25.7 Å². The van der Waals surface area contributed by atoms with Crippen molar-refractivity contribution in [3.63, 3.8) is 0 Å². The van der Waals surface area contributed by atoms with E-state index >= 15 is 0 Å². The molecule has 0 N–H and O–H groups in total. The molecular weight excluding hydrogens is 130 g/mol. The molecule has 0 heterocycles. The van der Waals surface area contributed by atoms with E-state index in [0.717, 1.165) is 0 Å². The third-order valence-corrected chi connectivity index (χ3v) is 1.47. The largest absolute Gasteiger partial charge is 0.274 e. The Morgan fingerprint density at radius 1 is 1.50 bits per heavy atom. The number of carbonyl (C=O) groups excluding carboxylic acids is 1. The van der Waals surface area contributed by atoms with Gasteiger partial charge in [-0.15, -0.1) is 0 Å². The normalized spacial score (nSPS) is 9.38. The van der Waals surface area contributed by atoms with Crippen LogP contribution in [-0.2, 0) is 15.7 Å². The standard InChI is InChI=1S/C3H7NO3S/c1-3(5)4(2)8(6)7/h8H,1-2H3. The molecule has 0 aromatic rings. The van der Waals surface area contributed by atoms with Gasteiger partial charge in [0.05, 0.1) is 0 Å². The van der Waals surface area contributed by atoms with E-state index in [9.17, 15) is 13.2 Å². The van der Waals surface area contributed by atoms with Gasteiger partial charge in [0.15, 0.2) is 0 Å². The molecule has 4 nitrogen and oxygen atoms in total. The van der Waals surface area contributed by atoms with Gasteiger partial charge in [-0.1, -0.05) is 0 Å². The van der Waals surface area contributed by atoms with Crippen molar-refractivity contribution < 1.29 is 13.2 Å². The van der Waals surface area contributed by atoms with Crippen LogP contribution in [0.25, 0.3) is 0 Å². The SMILES string of the molecule is CC(=O)N(C)[SH](=O)=O. The van der Waals surface area contributed by atoms with Crippen LogP contribution in [0.4, 0.5) is 0 Å². The van der Waals surface area contributed by atoms with Gasteiger partial charge in [0.25, 0.3) is 0 Å².